The molecule has 2 aromatic heterocycles. The number of imidazole rings is 1. The van der Waals surface area contributed by atoms with Gasteiger partial charge in [0.05, 0.1) is 32.8 Å². The molecule has 0 unspecified atom stereocenters. The fraction of sp³-hybridized carbons (Fsp3) is 0.250. The minimum atomic E-state index is -0.827. The van der Waals surface area contributed by atoms with Crippen molar-refractivity contribution in [3.63, 3.8) is 0 Å². The first kappa shape index (κ1) is 26.4. The van der Waals surface area contributed by atoms with Crippen LogP contribution in [0, 0.1) is 0 Å². The Morgan fingerprint density at radius 1 is 0.905 bits per heavy atom. The highest BCUT2D eigenvalue weighted by molar-refractivity contribution is 6.06. The third kappa shape index (κ3) is 5.05. The second-order valence-electron chi connectivity index (χ2n) is 10.4. The normalized spacial score (nSPS) is 22.9. The van der Waals surface area contributed by atoms with Crippen molar-refractivity contribution in [3.8, 4) is 0 Å². The minimum Gasteiger partial charge on any atom is -0.374 e. The highest BCUT2D eigenvalue weighted by atomic mass is 16.7. The Morgan fingerprint density at radius 2 is 1.60 bits per heavy atom. The van der Waals surface area contributed by atoms with E-state index in [2.05, 4.69) is 20.3 Å². The summed E-state index contributed by atoms with van der Waals surface area (Å²) < 4.78 is 27.5. The first-order chi connectivity index (χ1) is 20.7. The lowest BCUT2D eigenvalue weighted by Crippen LogP contribution is -2.46. The molecule has 0 radical (unpaired) electrons. The fourth-order valence-electron chi connectivity index (χ4n) is 5.54. The molecule has 1 amide bonds. The van der Waals surface area contributed by atoms with Crippen molar-refractivity contribution in [2.45, 2.75) is 37.3 Å². The molecule has 7 rings (SSSR count). The number of fused-ring (bicyclic) bond motifs is 3. The number of ether oxygens (including phenoxy) is 4. The van der Waals surface area contributed by atoms with Crippen LogP contribution in [0.4, 0.5) is 5.82 Å². The van der Waals surface area contributed by atoms with Gasteiger partial charge in [-0.05, 0) is 23.3 Å². The summed E-state index contributed by atoms with van der Waals surface area (Å²) in [6.07, 6.45) is 1.65. The Bertz CT molecular complexity index is 1670. The molecule has 2 bridgehead atoms. The van der Waals surface area contributed by atoms with Gasteiger partial charge in [-0.3, -0.25) is 9.36 Å². The van der Waals surface area contributed by atoms with E-state index >= 15 is 0 Å². The molecular weight excluding hydrogens is 534 g/mol. The fourth-order valence-corrected chi connectivity index (χ4v) is 5.54. The Kier molecular flexibility index (Phi) is 7.18. The zero-order valence-electron chi connectivity index (χ0n) is 22.7. The Morgan fingerprint density at radius 3 is 2.33 bits per heavy atom. The van der Waals surface area contributed by atoms with Crippen LogP contribution in [0.1, 0.15) is 27.7 Å². The molecule has 42 heavy (non-hydrogen) atoms. The Hall–Kier alpha value is -4.48. The summed E-state index contributed by atoms with van der Waals surface area (Å²) in [5.41, 5.74) is 2.78. The lowest BCUT2D eigenvalue weighted by atomic mass is 10.00. The highest BCUT2D eigenvalue weighted by Crippen LogP contribution is 2.48. The standard InChI is InChI=1S/C32H29N5O5/c38-30(24-14-8-3-9-15-24)36-28-25-29(34-20-33-28)37(21-35-25)31-26-27(40-17-23-12-6-2-7-13-23)32(42-31,19-41-26)18-39-16-22-10-4-1-5-11-22/h1-15,20-21,26-27,31H,16-19H2,(H,33,34,36,38)/t26-,27+,31+,32+/m1/s1. The summed E-state index contributed by atoms with van der Waals surface area (Å²) in [7, 11) is 0. The van der Waals surface area contributed by atoms with Crippen molar-refractivity contribution < 1.29 is 23.7 Å². The van der Waals surface area contributed by atoms with Gasteiger partial charge in [-0.15, -0.1) is 0 Å². The van der Waals surface area contributed by atoms with Gasteiger partial charge in [0.25, 0.3) is 5.91 Å². The number of amides is 1. The lowest BCUT2D eigenvalue weighted by molar-refractivity contribution is -0.195. The molecular formula is C32H29N5O5. The predicted octanol–water partition coefficient (Wildman–Crippen LogP) is 4.55. The topological polar surface area (TPSA) is 110 Å². The number of aromatic nitrogens is 4. The lowest BCUT2D eigenvalue weighted by Gasteiger charge is -2.31. The van der Waals surface area contributed by atoms with Crippen molar-refractivity contribution in [1.82, 2.24) is 19.5 Å². The molecule has 5 aromatic rings. The first-order valence-electron chi connectivity index (χ1n) is 13.8. The SMILES string of the molecule is O=C(Nc1ncnc2c1ncn2[C@H]1O[C@@]2(COCc3ccccc3)CO[C@@H]1[C@@H]2OCc1ccccc1)c1ccccc1. The van der Waals surface area contributed by atoms with Crippen LogP contribution in [0.2, 0.25) is 0 Å². The maximum absolute atomic E-state index is 12.8. The highest BCUT2D eigenvalue weighted by Gasteiger charge is 2.63. The minimum absolute atomic E-state index is 0.284. The summed E-state index contributed by atoms with van der Waals surface area (Å²) in [5, 5.41) is 2.85. The number of rotatable bonds is 10. The summed E-state index contributed by atoms with van der Waals surface area (Å²) in [6, 6.07) is 29.0. The van der Waals surface area contributed by atoms with Crippen LogP contribution in [-0.2, 0) is 32.2 Å². The number of carbonyl (C=O) groups excluding carboxylic acids is 1. The van der Waals surface area contributed by atoms with Crippen LogP contribution in [0.3, 0.4) is 0 Å². The number of hydrogen-bond acceptors (Lipinski definition) is 8. The van der Waals surface area contributed by atoms with Crippen LogP contribution < -0.4 is 5.32 Å². The maximum Gasteiger partial charge on any atom is 0.256 e. The van der Waals surface area contributed by atoms with E-state index in [1.165, 1.54) is 6.33 Å². The van der Waals surface area contributed by atoms with Crippen molar-refractivity contribution >= 4 is 22.9 Å². The molecule has 10 heteroatoms. The molecule has 0 aliphatic carbocycles. The van der Waals surface area contributed by atoms with Gasteiger partial charge in [0.15, 0.2) is 23.2 Å². The molecule has 3 aromatic carbocycles. The van der Waals surface area contributed by atoms with Gasteiger partial charge >= 0.3 is 0 Å². The van der Waals surface area contributed by atoms with E-state index in [4.69, 9.17) is 18.9 Å². The Balaban J connectivity index is 1.15. The van der Waals surface area contributed by atoms with Gasteiger partial charge in [-0.1, -0.05) is 78.9 Å². The van der Waals surface area contributed by atoms with Crippen LogP contribution in [-0.4, -0.2) is 56.4 Å². The molecule has 4 heterocycles. The van der Waals surface area contributed by atoms with E-state index < -0.39 is 24.0 Å². The first-order valence-corrected chi connectivity index (χ1v) is 13.8. The molecule has 1 N–H and O–H groups in total. The maximum atomic E-state index is 12.8. The quantitative estimate of drug-likeness (QED) is 0.264. The second kappa shape index (κ2) is 11.4. The van der Waals surface area contributed by atoms with Crippen molar-refractivity contribution in [2.24, 2.45) is 0 Å². The van der Waals surface area contributed by atoms with E-state index in [0.717, 1.165) is 11.1 Å². The third-order valence-corrected chi connectivity index (χ3v) is 7.60. The number of hydrogen-bond donors (Lipinski definition) is 1. The smallest absolute Gasteiger partial charge is 0.256 e. The van der Waals surface area contributed by atoms with Gasteiger partial charge in [-0.2, -0.15) is 0 Å². The van der Waals surface area contributed by atoms with E-state index in [1.54, 1.807) is 30.6 Å². The molecule has 10 nitrogen and oxygen atoms in total. The van der Waals surface area contributed by atoms with Crippen molar-refractivity contribution in [2.75, 3.05) is 18.5 Å². The van der Waals surface area contributed by atoms with Crippen molar-refractivity contribution in [1.29, 1.82) is 0 Å². The Labute approximate surface area is 242 Å². The van der Waals surface area contributed by atoms with Crippen LogP contribution in [0.15, 0.2) is 104 Å². The largest absolute Gasteiger partial charge is 0.374 e. The van der Waals surface area contributed by atoms with Crippen molar-refractivity contribution in [3.05, 3.63) is 120 Å². The van der Waals surface area contributed by atoms with Crippen LogP contribution in [0.25, 0.3) is 11.2 Å². The zero-order chi connectivity index (χ0) is 28.4. The van der Waals surface area contributed by atoms with Gasteiger partial charge in [0.2, 0.25) is 0 Å². The third-order valence-electron chi connectivity index (χ3n) is 7.60. The summed E-state index contributed by atoms with van der Waals surface area (Å²) in [4.78, 5) is 26.1. The molecule has 2 aliphatic heterocycles. The number of benzene rings is 3. The van der Waals surface area contributed by atoms with Crippen LogP contribution >= 0.6 is 0 Å². The average molecular weight is 564 g/mol. The summed E-state index contributed by atoms with van der Waals surface area (Å²) >= 11 is 0. The van der Waals surface area contributed by atoms with Gasteiger partial charge in [0.1, 0.15) is 24.1 Å². The number of carbonyl (C=O) groups is 1. The average Bonchev–Trinajstić information content (AvgIpc) is 3.71. The van der Waals surface area contributed by atoms with Gasteiger partial charge in [0, 0.05) is 5.56 Å². The number of nitrogens with zero attached hydrogens (tertiary/aromatic N) is 4. The molecule has 212 valence electrons. The molecule has 4 atom stereocenters. The van der Waals surface area contributed by atoms with Gasteiger partial charge < -0.3 is 24.3 Å². The molecule has 2 saturated heterocycles. The number of nitrogens with one attached hydrogen (secondary N) is 1. The van der Waals surface area contributed by atoms with Crippen LogP contribution in [0.5, 0.6) is 0 Å². The molecule has 0 saturated carbocycles. The van der Waals surface area contributed by atoms with E-state index in [0.29, 0.717) is 42.4 Å². The van der Waals surface area contributed by atoms with E-state index in [9.17, 15) is 4.79 Å². The van der Waals surface area contributed by atoms with E-state index in [-0.39, 0.29) is 12.5 Å². The summed E-state index contributed by atoms with van der Waals surface area (Å²) in [5.74, 6) is 0.0306. The second-order valence-corrected chi connectivity index (χ2v) is 10.4. The molecule has 2 fully saturated rings. The van der Waals surface area contributed by atoms with Gasteiger partial charge in [-0.25, -0.2) is 15.0 Å². The zero-order valence-corrected chi connectivity index (χ0v) is 22.7. The van der Waals surface area contributed by atoms with E-state index in [1.807, 2.05) is 71.3 Å². The molecule has 2 aliphatic rings. The number of anilines is 1. The molecule has 0 spiro atoms. The predicted molar refractivity (Wildman–Crippen MR) is 153 cm³/mol. The monoisotopic (exact) mass is 563 g/mol. The summed E-state index contributed by atoms with van der Waals surface area (Å²) in [6.45, 7) is 1.47.